The lowest BCUT2D eigenvalue weighted by Gasteiger charge is -2.27. The Morgan fingerprint density at radius 1 is 1.23 bits per heavy atom. The summed E-state index contributed by atoms with van der Waals surface area (Å²) in [6.07, 6.45) is 3.71. The Morgan fingerprint density at radius 2 is 1.91 bits per heavy atom. The van der Waals surface area contributed by atoms with Gasteiger partial charge in [0.25, 0.3) is 0 Å². The predicted molar refractivity (Wildman–Crippen MR) is 86.3 cm³/mol. The largest absolute Gasteiger partial charge is 0.354 e. The van der Waals surface area contributed by atoms with Gasteiger partial charge in [0.2, 0.25) is 5.91 Å². The molecule has 2 atom stereocenters. The normalized spacial score (nSPS) is 13.4. The number of urea groups is 1. The van der Waals surface area contributed by atoms with Crippen molar-refractivity contribution in [3.63, 3.8) is 0 Å². The van der Waals surface area contributed by atoms with Crippen molar-refractivity contribution in [2.45, 2.75) is 52.2 Å². The Balaban J connectivity index is 2.51. The smallest absolute Gasteiger partial charge is 0.317 e. The fourth-order valence-electron chi connectivity index (χ4n) is 2.05. The molecule has 1 rings (SSSR count). The van der Waals surface area contributed by atoms with Gasteiger partial charge < -0.3 is 15.5 Å². The third-order valence-corrected chi connectivity index (χ3v) is 3.38. The molecule has 0 aliphatic carbocycles. The van der Waals surface area contributed by atoms with E-state index in [1.54, 1.807) is 24.3 Å². The minimum Gasteiger partial charge on any atom is -0.354 e. The third-order valence-electron chi connectivity index (χ3n) is 3.38. The summed E-state index contributed by atoms with van der Waals surface area (Å²) >= 11 is 0. The van der Waals surface area contributed by atoms with Gasteiger partial charge in [-0.25, -0.2) is 4.79 Å². The van der Waals surface area contributed by atoms with Gasteiger partial charge in [0, 0.05) is 37.9 Å². The van der Waals surface area contributed by atoms with Crippen LogP contribution in [0.5, 0.6) is 0 Å². The molecule has 0 saturated heterocycles. The topological polar surface area (TPSA) is 74.3 Å². The molecule has 2 N–H and O–H groups in total. The predicted octanol–water partition coefficient (Wildman–Crippen LogP) is 2.09. The van der Waals surface area contributed by atoms with E-state index in [9.17, 15) is 9.59 Å². The van der Waals surface area contributed by atoms with E-state index in [1.165, 1.54) is 0 Å². The van der Waals surface area contributed by atoms with Gasteiger partial charge in [-0.3, -0.25) is 9.78 Å². The van der Waals surface area contributed by atoms with Gasteiger partial charge in [-0.2, -0.15) is 0 Å². The Morgan fingerprint density at radius 3 is 2.45 bits per heavy atom. The van der Waals surface area contributed by atoms with Gasteiger partial charge in [-0.1, -0.05) is 6.07 Å². The zero-order valence-electron chi connectivity index (χ0n) is 14.0. The molecule has 1 heterocycles. The molecule has 122 valence electrons. The summed E-state index contributed by atoms with van der Waals surface area (Å²) in [7, 11) is 1.73. The fraction of sp³-hybridized carbons (Fsp3) is 0.562. The van der Waals surface area contributed by atoms with Crippen LogP contribution in [0, 0.1) is 0 Å². The molecule has 0 radical (unpaired) electrons. The van der Waals surface area contributed by atoms with E-state index in [2.05, 4.69) is 15.6 Å². The molecular formula is C16H26N4O2. The van der Waals surface area contributed by atoms with Crippen molar-refractivity contribution in [1.29, 1.82) is 0 Å². The van der Waals surface area contributed by atoms with Crippen LogP contribution in [0.3, 0.4) is 0 Å². The van der Waals surface area contributed by atoms with Crippen LogP contribution in [0.1, 0.15) is 45.7 Å². The molecule has 0 aliphatic rings. The zero-order valence-corrected chi connectivity index (χ0v) is 14.0. The molecule has 0 spiro atoms. The Labute approximate surface area is 132 Å². The second-order valence-corrected chi connectivity index (χ2v) is 5.85. The minimum atomic E-state index is -0.227. The summed E-state index contributed by atoms with van der Waals surface area (Å²) in [6, 6.07) is 3.35. The highest BCUT2D eigenvalue weighted by atomic mass is 16.2. The maximum absolute atomic E-state index is 12.2. The van der Waals surface area contributed by atoms with E-state index in [4.69, 9.17) is 0 Å². The average molecular weight is 306 g/mol. The average Bonchev–Trinajstić information content (AvgIpc) is 2.45. The summed E-state index contributed by atoms with van der Waals surface area (Å²) in [6.45, 7) is 7.57. The molecule has 6 nitrogen and oxygen atoms in total. The number of amides is 3. The van der Waals surface area contributed by atoms with Crippen LogP contribution < -0.4 is 10.6 Å². The summed E-state index contributed by atoms with van der Waals surface area (Å²) in [5.74, 6) is -0.0641. The first-order chi connectivity index (χ1) is 10.3. The first-order valence-corrected chi connectivity index (χ1v) is 7.53. The van der Waals surface area contributed by atoms with Gasteiger partial charge in [0.05, 0.1) is 6.04 Å². The molecule has 0 bridgehead atoms. The van der Waals surface area contributed by atoms with Crippen LogP contribution in [-0.2, 0) is 4.79 Å². The van der Waals surface area contributed by atoms with Crippen molar-refractivity contribution in [3.8, 4) is 0 Å². The Bertz CT molecular complexity index is 490. The Kier molecular flexibility index (Phi) is 6.82. The summed E-state index contributed by atoms with van der Waals surface area (Å²) in [4.78, 5) is 29.6. The van der Waals surface area contributed by atoms with Crippen LogP contribution in [0.2, 0.25) is 0 Å². The van der Waals surface area contributed by atoms with Crippen molar-refractivity contribution >= 4 is 11.9 Å². The number of carbonyl (C=O) groups excluding carboxylic acids is 2. The molecular weight excluding hydrogens is 280 g/mol. The second kappa shape index (κ2) is 8.36. The van der Waals surface area contributed by atoms with E-state index < -0.39 is 0 Å². The van der Waals surface area contributed by atoms with E-state index in [-0.39, 0.29) is 36.5 Å². The number of carbonyl (C=O) groups is 2. The first kappa shape index (κ1) is 17.9. The van der Waals surface area contributed by atoms with Crippen molar-refractivity contribution in [2.75, 3.05) is 7.05 Å². The SMILES string of the molecule is CC(C)NC(=O)C[C@@H](C)NC(=O)N(C)[C@@H](C)c1cccnc1. The van der Waals surface area contributed by atoms with Crippen LogP contribution in [0.15, 0.2) is 24.5 Å². The lowest BCUT2D eigenvalue weighted by atomic mass is 10.1. The molecule has 0 aromatic carbocycles. The fourth-order valence-corrected chi connectivity index (χ4v) is 2.05. The van der Waals surface area contributed by atoms with Crippen molar-refractivity contribution in [2.24, 2.45) is 0 Å². The molecule has 3 amide bonds. The van der Waals surface area contributed by atoms with Gasteiger partial charge in [0.1, 0.15) is 0 Å². The molecule has 0 unspecified atom stereocenters. The van der Waals surface area contributed by atoms with E-state index in [0.29, 0.717) is 0 Å². The second-order valence-electron chi connectivity index (χ2n) is 5.85. The van der Waals surface area contributed by atoms with Crippen molar-refractivity contribution < 1.29 is 9.59 Å². The third kappa shape index (κ3) is 5.71. The molecule has 1 aromatic rings. The number of aromatic nitrogens is 1. The Hall–Kier alpha value is -2.11. The van der Waals surface area contributed by atoms with Gasteiger partial charge in [-0.05, 0) is 39.3 Å². The first-order valence-electron chi connectivity index (χ1n) is 7.53. The summed E-state index contributed by atoms with van der Waals surface area (Å²) in [5, 5.41) is 5.65. The summed E-state index contributed by atoms with van der Waals surface area (Å²) < 4.78 is 0. The highest BCUT2D eigenvalue weighted by Gasteiger charge is 2.20. The van der Waals surface area contributed by atoms with Crippen molar-refractivity contribution in [3.05, 3.63) is 30.1 Å². The van der Waals surface area contributed by atoms with Crippen LogP contribution in [-0.4, -0.2) is 41.0 Å². The lowest BCUT2D eigenvalue weighted by Crippen LogP contribution is -2.45. The number of hydrogen-bond acceptors (Lipinski definition) is 3. The molecule has 6 heteroatoms. The highest BCUT2D eigenvalue weighted by Crippen LogP contribution is 2.17. The molecule has 0 fully saturated rings. The number of pyridine rings is 1. The van der Waals surface area contributed by atoms with Gasteiger partial charge >= 0.3 is 6.03 Å². The van der Waals surface area contributed by atoms with Crippen LogP contribution in [0.4, 0.5) is 4.79 Å². The van der Waals surface area contributed by atoms with Gasteiger partial charge in [0.15, 0.2) is 0 Å². The maximum Gasteiger partial charge on any atom is 0.317 e. The van der Waals surface area contributed by atoms with E-state index in [0.717, 1.165) is 5.56 Å². The summed E-state index contributed by atoms with van der Waals surface area (Å²) in [5.41, 5.74) is 0.963. The monoisotopic (exact) mass is 306 g/mol. The highest BCUT2D eigenvalue weighted by molar-refractivity contribution is 5.79. The molecule has 1 aromatic heterocycles. The number of rotatable bonds is 6. The number of nitrogens with zero attached hydrogens (tertiary/aromatic N) is 2. The lowest BCUT2D eigenvalue weighted by molar-refractivity contribution is -0.121. The number of hydrogen-bond donors (Lipinski definition) is 2. The molecule has 22 heavy (non-hydrogen) atoms. The van der Waals surface area contributed by atoms with E-state index in [1.807, 2.05) is 39.8 Å². The van der Waals surface area contributed by atoms with Crippen LogP contribution >= 0.6 is 0 Å². The quantitative estimate of drug-likeness (QED) is 0.845. The standard InChI is InChI=1S/C16H26N4O2/c1-11(2)18-15(21)9-12(3)19-16(22)20(5)13(4)14-7-6-8-17-10-14/h6-8,10-13H,9H2,1-5H3,(H,18,21)(H,19,22)/t12-,13+/m1/s1. The zero-order chi connectivity index (χ0) is 16.7. The number of nitrogens with one attached hydrogen (secondary N) is 2. The molecule has 0 aliphatic heterocycles. The minimum absolute atomic E-state index is 0.0641. The van der Waals surface area contributed by atoms with Crippen LogP contribution in [0.25, 0.3) is 0 Å². The maximum atomic E-state index is 12.2. The van der Waals surface area contributed by atoms with E-state index >= 15 is 0 Å². The molecule has 0 saturated carbocycles. The van der Waals surface area contributed by atoms with Crippen molar-refractivity contribution in [1.82, 2.24) is 20.5 Å². The van der Waals surface area contributed by atoms with Gasteiger partial charge in [-0.15, -0.1) is 0 Å².